The van der Waals surface area contributed by atoms with Gasteiger partial charge in [0.1, 0.15) is 11.4 Å². The molecule has 0 unspecified atom stereocenters. The lowest BCUT2D eigenvalue weighted by molar-refractivity contribution is 0.104. The molecule has 0 spiro atoms. The third kappa shape index (κ3) is 5.23. The number of hydrogen-bond donors (Lipinski definition) is 0. The van der Waals surface area contributed by atoms with Gasteiger partial charge in [-0.05, 0) is 67.8 Å². The molecule has 0 saturated carbocycles. The third-order valence-electron chi connectivity index (χ3n) is 4.70. The van der Waals surface area contributed by atoms with E-state index in [4.69, 9.17) is 4.74 Å². The molecule has 1 heterocycles. The van der Waals surface area contributed by atoms with Crippen LogP contribution in [0, 0.1) is 0 Å². The Labute approximate surface area is 182 Å². The maximum Gasteiger partial charge on any atom is 0.185 e. The summed E-state index contributed by atoms with van der Waals surface area (Å²) in [6, 6.07) is 21.4. The molecular formula is C27H24N2O2. The lowest BCUT2D eigenvalue weighted by Crippen LogP contribution is -2.22. The van der Waals surface area contributed by atoms with Gasteiger partial charge in [-0.3, -0.25) is 14.8 Å². The Balaban J connectivity index is 1.45. The van der Waals surface area contributed by atoms with Crippen LogP contribution in [0.1, 0.15) is 36.7 Å². The Kier molecular flexibility index (Phi) is 5.63. The minimum Gasteiger partial charge on any atom is -0.488 e. The molecule has 0 fully saturated rings. The van der Waals surface area contributed by atoms with Gasteiger partial charge in [-0.2, -0.15) is 0 Å². The van der Waals surface area contributed by atoms with Gasteiger partial charge in [0.25, 0.3) is 0 Å². The summed E-state index contributed by atoms with van der Waals surface area (Å²) in [6.07, 6.45) is 6.72. The molecule has 0 aliphatic carbocycles. The highest BCUT2D eigenvalue weighted by Gasteiger charge is 2.11. The predicted molar refractivity (Wildman–Crippen MR) is 125 cm³/mol. The molecule has 0 aliphatic heterocycles. The second-order valence-corrected chi connectivity index (χ2v) is 8.32. The molecule has 0 aliphatic rings. The van der Waals surface area contributed by atoms with Gasteiger partial charge < -0.3 is 4.74 Å². The van der Waals surface area contributed by atoms with Crippen molar-refractivity contribution < 1.29 is 9.53 Å². The number of carbonyl (C=O) groups excluding carboxylic acids is 1. The minimum absolute atomic E-state index is 0.0419. The number of rotatable bonds is 5. The fraction of sp³-hybridized carbons (Fsp3) is 0.148. The molecule has 31 heavy (non-hydrogen) atoms. The summed E-state index contributed by atoms with van der Waals surface area (Å²) in [4.78, 5) is 21.1. The Morgan fingerprint density at radius 3 is 2.06 bits per heavy atom. The van der Waals surface area contributed by atoms with Crippen molar-refractivity contribution in [1.29, 1.82) is 0 Å². The molecule has 0 amide bonds. The Morgan fingerprint density at radius 2 is 1.42 bits per heavy atom. The van der Waals surface area contributed by atoms with Gasteiger partial charge in [0.2, 0.25) is 0 Å². The predicted octanol–water partition coefficient (Wildman–Crippen LogP) is 6.37. The van der Waals surface area contributed by atoms with Crippen molar-refractivity contribution in [3.63, 3.8) is 0 Å². The van der Waals surface area contributed by atoms with E-state index in [9.17, 15) is 4.79 Å². The fourth-order valence-corrected chi connectivity index (χ4v) is 3.25. The van der Waals surface area contributed by atoms with Crippen LogP contribution >= 0.6 is 0 Å². The number of hydrogen-bond acceptors (Lipinski definition) is 4. The molecule has 4 heteroatoms. The van der Waals surface area contributed by atoms with Gasteiger partial charge >= 0.3 is 0 Å². The van der Waals surface area contributed by atoms with E-state index in [2.05, 4.69) is 9.97 Å². The lowest BCUT2D eigenvalue weighted by Gasteiger charge is -2.21. The summed E-state index contributed by atoms with van der Waals surface area (Å²) in [5.41, 5.74) is 5.10. The van der Waals surface area contributed by atoms with E-state index >= 15 is 0 Å². The van der Waals surface area contributed by atoms with Crippen LogP contribution in [0.5, 0.6) is 5.75 Å². The van der Waals surface area contributed by atoms with Crippen LogP contribution in [0.25, 0.3) is 28.2 Å². The van der Waals surface area contributed by atoms with Crippen molar-refractivity contribution >= 4 is 22.9 Å². The van der Waals surface area contributed by atoms with Gasteiger partial charge in [-0.1, -0.05) is 48.5 Å². The number of fused-ring (bicyclic) bond motifs is 1. The SMILES string of the molecule is CC(C)(C)Oc1ccc(-c2ccc(C(=O)C=Cc3ccc4nccnc4c3)cc2)cc1. The van der Waals surface area contributed by atoms with E-state index in [1.807, 2.05) is 87.5 Å². The first-order valence-corrected chi connectivity index (χ1v) is 10.2. The van der Waals surface area contributed by atoms with Crippen LogP contribution < -0.4 is 4.74 Å². The maximum atomic E-state index is 12.6. The number of nitrogens with zero attached hydrogens (tertiary/aromatic N) is 2. The highest BCUT2D eigenvalue weighted by Crippen LogP contribution is 2.25. The van der Waals surface area contributed by atoms with Crippen LogP contribution in [0.15, 0.2) is 85.2 Å². The standard InChI is InChI=1S/C27H24N2O2/c1-27(2,3)31-23-12-10-21(11-13-23)20-6-8-22(9-7-20)26(30)15-5-19-4-14-24-25(18-19)29-17-16-28-24/h4-18H,1-3H3. The summed E-state index contributed by atoms with van der Waals surface area (Å²) in [6.45, 7) is 6.08. The van der Waals surface area contributed by atoms with Gasteiger partial charge in [0.15, 0.2) is 5.78 Å². The van der Waals surface area contributed by atoms with Gasteiger partial charge in [-0.25, -0.2) is 0 Å². The summed E-state index contributed by atoms with van der Waals surface area (Å²) in [5.74, 6) is 0.799. The second-order valence-electron chi connectivity index (χ2n) is 8.32. The molecular weight excluding hydrogens is 384 g/mol. The average molecular weight is 409 g/mol. The molecule has 0 bridgehead atoms. The Hall–Kier alpha value is -3.79. The van der Waals surface area contributed by atoms with Crippen LogP contribution in [0.3, 0.4) is 0 Å². The van der Waals surface area contributed by atoms with Gasteiger partial charge in [0.05, 0.1) is 11.0 Å². The Morgan fingerprint density at radius 1 is 0.806 bits per heavy atom. The fourth-order valence-electron chi connectivity index (χ4n) is 3.25. The maximum absolute atomic E-state index is 12.6. The summed E-state index contributed by atoms with van der Waals surface area (Å²) < 4.78 is 5.87. The highest BCUT2D eigenvalue weighted by molar-refractivity contribution is 6.07. The van der Waals surface area contributed by atoms with Crippen LogP contribution in [0.4, 0.5) is 0 Å². The molecule has 0 saturated heterocycles. The number of ketones is 1. The molecule has 4 aromatic rings. The summed E-state index contributed by atoms with van der Waals surface area (Å²) in [5, 5.41) is 0. The molecule has 4 nitrogen and oxygen atoms in total. The van der Waals surface area contributed by atoms with E-state index in [0.29, 0.717) is 5.56 Å². The van der Waals surface area contributed by atoms with E-state index in [-0.39, 0.29) is 11.4 Å². The van der Waals surface area contributed by atoms with Crippen molar-refractivity contribution in [2.75, 3.05) is 0 Å². The van der Waals surface area contributed by atoms with E-state index < -0.39 is 0 Å². The van der Waals surface area contributed by atoms with Crippen molar-refractivity contribution in [2.45, 2.75) is 26.4 Å². The smallest absolute Gasteiger partial charge is 0.185 e. The normalized spacial score (nSPS) is 11.7. The topological polar surface area (TPSA) is 52.1 Å². The number of allylic oxidation sites excluding steroid dienone is 1. The lowest BCUT2D eigenvalue weighted by atomic mass is 10.0. The van der Waals surface area contributed by atoms with Crippen molar-refractivity contribution in [3.05, 3.63) is 96.3 Å². The first-order valence-electron chi connectivity index (χ1n) is 10.2. The molecule has 1 aromatic heterocycles. The molecule has 4 rings (SSSR count). The van der Waals surface area contributed by atoms with Gasteiger partial charge in [-0.15, -0.1) is 0 Å². The van der Waals surface area contributed by atoms with Crippen molar-refractivity contribution in [1.82, 2.24) is 9.97 Å². The molecule has 154 valence electrons. The van der Waals surface area contributed by atoms with Crippen LogP contribution in [-0.2, 0) is 0 Å². The number of ether oxygens (including phenoxy) is 1. The monoisotopic (exact) mass is 408 g/mol. The molecule has 0 atom stereocenters. The summed E-state index contributed by atoms with van der Waals surface area (Å²) in [7, 11) is 0. The summed E-state index contributed by atoms with van der Waals surface area (Å²) >= 11 is 0. The number of benzene rings is 3. The van der Waals surface area contributed by atoms with Crippen LogP contribution in [0.2, 0.25) is 0 Å². The zero-order valence-electron chi connectivity index (χ0n) is 17.9. The van der Waals surface area contributed by atoms with Crippen molar-refractivity contribution in [2.24, 2.45) is 0 Å². The Bertz CT molecular complexity index is 1230. The quantitative estimate of drug-likeness (QED) is 0.284. The average Bonchev–Trinajstić information content (AvgIpc) is 2.77. The molecule has 0 N–H and O–H groups in total. The van der Waals surface area contributed by atoms with E-state index in [1.54, 1.807) is 24.5 Å². The minimum atomic E-state index is -0.225. The zero-order valence-corrected chi connectivity index (χ0v) is 17.9. The molecule has 0 radical (unpaired) electrons. The first kappa shape index (κ1) is 20.5. The molecule has 3 aromatic carbocycles. The van der Waals surface area contributed by atoms with Crippen LogP contribution in [-0.4, -0.2) is 21.4 Å². The first-order chi connectivity index (χ1) is 14.9. The van der Waals surface area contributed by atoms with E-state index in [0.717, 1.165) is 33.5 Å². The third-order valence-corrected chi connectivity index (χ3v) is 4.70. The van der Waals surface area contributed by atoms with E-state index in [1.165, 1.54) is 0 Å². The number of aromatic nitrogens is 2. The van der Waals surface area contributed by atoms with Gasteiger partial charge in [0, 0.05) is 18.0 Å². The number of carbonyl (C=O) groups is 1. The second kappa shape index (κ2) is 8.52. The highest BCUT2D eigenvalue weighted by atomic mass is 16.5. The van der Waals surface area contributed by atoms with Crippen molar-refractivity contribution in [3.8, 4) is 16.9 Å². The largest absolute Gasteiger partial charge is 0.488 e. The zero-order chi connectivity index (χ0) is 21.8.